The molecule has 68 valence electrons. The smallest absolute Gasteiger partial charge is 0.0102 e. The Hall–Kier alpha value is 0.110. The highest BCUT2D eigenvalue weighted by atomic mass is 32.2. The molecular formula is C8H17O2S-. The molecule has 0 aromatic heterocycles. The lowest BCUT2D eigenvalue weighted by molar-refractivity contribution is 0.474. The van der Waals surface area contributed by atoms with Crippen LogP contribution in [-0.2, 0) is 11.1 Å². The number of rotatable bonds is 6. The lowest BCUT2D eigenvalue weighted by Gasteiger charge is -2.09. The van der Waals surface area contributed by atoms with E-state index in [1.165, 1.54) is 12.8 Å². The van der Waals surface area contributed by atoms with Crippen molar-refractivity contribution in [1.29, 1.82) is 0 Å². The van der Waals surface area contributed by atoms with Gasteiger partial charge in [-0.1, -0.05) is 37.8 Å². The molecule has 0 aliphatic rings. The molecule has 0 rings (SSSR count). The zero-order chi connectivity index (χ0) is 8.69. The summed E-state index contributed by atoms with van der Waals surface area (Å²) in [6.07, 6.45) is 4.27. The number of hydrogen-bond donors (Lipinski definition) is 0. The summed E-state index contributed by atoms with van der Waals surface area (Å²) in [5.41, 5.74) is 0. The van der Waals surface area contributed by atoms with Crippen LogP contribution in [0.3, 0.4) is 0 Å². The maximum atomic E-state index is 10.1. The van der Waals surface area contributed by atoms with Gasteiger partial charge in [-0.3, -0.25) is 4.21 Å². The summed E-state index contributed by atoms with van der Waals surface area (Å²) in [5.74, 6) is 1.01. The fourth-order valence-electron chi connectivity index (χ4n) is 1.19. The molecule has 3 heteroatoms. The first kappa shape index (κ1) is 11.1. The monoisotopic (exact) mass is 177 g/mol. The molecule has 11 heavy (non-hydrogen) atoms. The quantitative estimate of drug-likeness (QED) is 0.583. The average molecular weight is 177 g/mol. The van der Waals surface area contributed by atoms with Crippen LogP contribution in [-0.4, -0.2) is 14.5 Å². The van der Waals surface area contributed by atoms with Gasteiger partial charge in [-0.2, -0.15) is 0 Å². The Bertz CT molecular complexity index is 115. The van der Waals surface area contributed by atoms with Gasteiger partial charge in [-0.15, -0.1) is 0 Å². The first-order valence-corrected chi connectivity index (χ1v) is 5.47. The lowest BCUT2D eigenvalue weighted by atomic mass is 10.0. The van der Waals surface area contributed by atoms with E-state index in [0.717, 1.165) is 12.8 Å². The molecule has 0 N–H and O–H groups in total. The molecule has 2 unspecified atom stereocenters. The van der Waals surface area contributed by atoms with E-state index < -0.39 is 11.1 Å². The van der Waals surface area contributed by atoms with Gasteiger partial charge in [0, 0.05) is 5.75 Å². The van der Waals surface area contributed by atoms with Crippen molar-refractivity contribution < 1.29 is 8.76 Å². The molecule has 0 aliphatic carbocycles. The Labute approximate surface area is 71.7 Å². The van der Waals surface area contributed by atoms with E-state index >= 15 is 0 Å². The molecule has 0 amide bonds. The van der Waals surface area contributed by atoms with Gasteiger partial charge in [0.1, 0.15) is 0 Å². The summed E-state index contributed by atoms with van der Waals surface area (Å²) in [4.78, 5) is 0. The second kappa shape index (κ2) is 6.80. The van der Waals surface area contributed by atoms with Crippen molar-refractivity contribution in [2.24, 2.45) is 5.92 Å². The van der Waals surface area contributed by atoms with Gasteiger partial charge >= 0.3 is 0 Å². The standard InChI is InChI=1S/C8H18O2S/c1-3-5-8(2)6-4-7-11(9)10/h8H,3-7H2,1-2H3,(H,9,10)/p-1. The molecular weight excluding hydrogens is 160 g/mol. The van der Waals surface area contributed by atoms with Crippen LogP contribution < -0.4 is 0 Å². The summed E-state index contributed by atoms with van der Waals surface area (Å²) in [7, 11) is 0. The second-order valence-electron chi connectivity index (χ2n) is 3.04. The molecule has 0 bridgehead atoms. The van der Waals surface area contributed by atoms with E-state index in [0.29, 0.717) is 11.7 Å². The fraction of sp³-hybridized carbons (Fsp3) is 1.00. The molecule has 0 heterocycles. The normalized spacial score (nSPS) is 16.3. The SMILES string of the molecule is CCCC(C)CCCS(=O)[O-]. The predicted molar refractivity (Wildman–Crippen MR) is 47.1 cm³/mol. The first-order chi connectivity index (χ1) is 5.16. The van der Waals surface area contributed by atoms with E-state index in [2.05, 4.69) is 13.8 Å². The minimum Gasteiger partial charge on any atom is -0.772 e. The van der Waals surface area contributed by atoms with E-state index in [4.69, 9.17) is 0 Å². The maximum Gasteiger partial charge on any atom is 0.0102 e. The molecule has 0 radical (unpaired) electrons. The highest BCUT2D eigenvalue weighted by Crippen LogP contribution is 2.11. The van der Waals surface area contributed by atoms with Gasteiger partial charge < -0.3 is 4.55 Å². The minimum absolute atomic E-state index is 0.327. The van der Waals surface area contributed by atoms with Crippen molar-refractivity contribution in [3.05, 3.63) is 0 Å². The van der Waals surface area contributed by atoms with Crippen LogP contribution >= 0.6 is 0 Å². The van der Waals surface area contributed by atoms with Crippen molar-refractivity contribution in [3.63, 3.8) is 0 Å². The number of hydrogen-bond acceptors (Lipinski definition) is 2. The Morgan fingerprint density at radius 1 is 1.45 bits per heavy atom. The largest absolute Gasteiger partial charge is 0.772 e. The van der Waals surface area contributed by atoms with Gasteiger partial charge in [0.05, 0.1) is 0 Å². The highest BCUT2D eigenvalue weighted by molar-refractivity contribution is 7.79. The molecule has 2 atom stereocenters. The van der Waals surface area contributed by atoms with Gasteiger partial charge in [0.25, 0.3) is 0 Å². The highest BCUT2D eigenvalue weighted by Gasteiger charge is 1.99. The van der Waals surface area contributed by atoms with E-state index in [9.17, 15) is 8.76 Å². The first-order valence-electron chi connectivity index (χ1n) is 4.22. The molecule has 2 nitrogen and oxygen atoms in total. The van der Waals surface area contributed by atoms with E-state index in [1.54, 1.807) is 0 Å². The zero-order valence-corrected chi connectivity index (χ0v) is 8.15. The van der Waals surface area contributed by atoms with Crippen LogP contribution in [0.5, 0.6) is 0 Å². The summed E-state index contributed by atoms with van der Waals surface area (Å²) in [6, 6.07) is 0. The van der Waals surface area contributed by atoms with Gasteiger partial charge in [-0.25, -0.2) is 0 Å². The maximum absolute atomic E-state index is 10.1. The van der Waals surface area contributed by atoms with Crippen molar-refractivity contribution in [3.8, 4) is 0 Å². The molecule has 0 spiro atoms. The molecule has 0 saturated heterocycles. The topological polar surface area (TPSA) is 40.1 Å². The van der Waals surface area contributed by atoms with Gasteiger partial charge in [0.2, 0.25) is 0 Å². The van der Waals surface area contributed by atoms with Crippen LogP contribution in [0, 0.1) is 5.92 Å². The fourth-order valence-corrected chi connectivity index (χ4v) is 1.59. The minimum atomic E-state index is -1.84. The molecule has 0 aromatic carbocycles. The average Bonchev–Trinajstić information content (AvgIpc) is 1.87. The van der Waals surface area contributed by atoms with Crippen LogP contribution in [0.1, 0.15) is 39.5 Å². The molecule has 0 aromatic rings. The van der Waals surface area contributed by atoms with Crippen molar-refractivity contribution in [2.75, 3.05) is 5.75 Å². The van der Waals surface area contributed by atoms with E-state index in [-0.39, 0.29) is 0 Å². The van der Waals surface area contributed by atoms with Crippen molar-refractivity contribution in [2.45, 2.75) is 39.5 Å². The molecule has 0 aliphatic heterocycles. The lowest BCUT2D eigenvalue weighted by Crippen LogP contribution is -1.99. The third-order valence-electron chi connectivity index (χ3n) is 1.79. The summed E-state index contributed by atoms with van der Waals surface area (Å²) < 4.78 is 20.3. The van der Waals surface area contributed by atoms with Crippen LogP contribution in [0.4, 0.5) is 0 Å². The Kier molecular flexibility index (Phi) is 6.87. The third-order valence-corrected chi connectivity index (χ3v) is 2.41. The van der Waals surface area contributed by atoms with Gasteiger partial charge in [0.15, 0.2) is 0 Å². The van der Waals surface area contributed by atoms with Gasteiger partial charge in [-0.05, 0) is 18.8 Å². The van der Waals surface area contributed by atoms with Crippen molar-refractivity contribution >= 4 is 11.1 Å². The Morgan fingerprint density at radius 3 is 2.55 bits per heavy atom. The predicted octanol–water partition coefficient (Wildman–Crippen LogP) is 2.08. The molecule has 0 saturated carbocycles. The van der Waals surface area contributed by atoms with Crippen LogP contribution in [0.2, 0.25) is 0 Å². The third kappa shape index (κ3) is 8.01. The zero-order valence-electron chi connectivity index (χ0n) is 7.34. The van der Waals surface area contributed by atoms with E-state index in [1.807, 2.05) is 0 Å². The second-order valence-corrected chi connectivity index (χ2v) is 4.06. The van der Waals surface area contributed by atoms with Crippen LogP contribution in [0.15, 0.2) is 0 Å². The molecule has 0 fully saturated rings. The Balaban J connectivity index is 3.16. The summed E-state index contributed by atoms with van der Waals surface area (Å²) in [5, 5.41) is 0. The van der Waals surface area contributed by atoms with Crippen LogP contribution in [0.25, 0.3) is 0 Å². The Morgan fingerprint density at radius 2 is 2.09 bits per heavy atom. The van der Waals surface area contributed by atoms with Crippen molar-refractivity contribution in [1.82, 2.24) is 0 Å². The summed E-state index contributed by atoms with van der Waals surface area (Å²) >= 11 is -1.84. The summed E-state index contributed by atoms with van der Waals surface area (Å²) in [6.45, 7) is 4.33.